The normalized spacial score (nSPS) is 12.1. The van der Waals surface area contributed by atoms with Crippen LogP contribution in [0.4, 0.5) is 15.8 Å². The highest BCUT2D eigenvalue weighted by molar-refractivity contribution is 7.91. The Hall–Kier alpha value is -1.93. The Morgan fingerprint density at radius 1 is 0.864 bits per heavy atom. The third-order valence-corrected chi connectivity index (χ3v) is 5.15. The number of halogens is 1. The molecule has 0 aromatic heterocycles. The van der Waals surface area contributed by atoms with Crippen molar-refractivity contribution in [1.29, 1.82) is 0 Å². The summed E-state index contributed by atoms with van der Waals surface area (Å²) < 4.78 is 59.8. The van der Waals surface area contributed by atoms with E-state index in [1.165, 1.54) is 36.4 Å². The van der Waals surface area contributed by atoms with E-state index in [2.05, 4.69) is 5.32 Å². The van der Waals surface area contributed by atoms with Crippen molar-refractivity contribution < 1.29 is 21.2 Å². The molecule has 2 aromatic rings. The quantitative estimate of drug-likeness (QED) is 0.922. The largest absolute Gasteiger partial charge is 0.354 e. The highest BCUT2D eigenvalue weighted by Gasteiger charge is 2.18. The van der Waals surface area contributed by atoms with Gasteiger partial charge in [-0.1, -0.05) is 0 Å². The molecule has 0 atom stereocenters. The van der Waals surface area contributed by atoms with Crippen molar-refractivity contribution in [1.82, 2.24) is 0 Å². The topological polar surface area (TPSA) is 80.3 Å². The summed E-state index contributed by atoms with van der Waals surface area (Å²) in [5, 5.41) is 2.84. The average Bonchev–Trinajstić information content (AvgIpc) is 2.39. The molecule has 0 radical (unpaired) electrons. The van der Waals surface area contributed by atoms with Crippen LogP contribution >= 0.6 is 0 Å². The molecule has 1 N–H and O–H groups in total. The fraction of sp³-hybridized carbons (Fsp3) is 0.143. The summed E-state index contributed by atoms with van der Waals surface area (Å²) in [6.07, 6.45) is 1.99. The van der Waals surface area contributed by atoms with E-state index < -0.39 is 25.5 Å². The van der Waals surface area contributed by atoms with Crippen molar-refractivity contribution >= 4 is 31.0 Å². The molecule has 0 bridgehead atoms. The molecule has 5 nitrogen and oxygen atoms in total. The maximum absolute atomic E-state index is 12.9. The molecule has 0 fully saturated rings. The minimum atomic E-state index is -3.65. The number of anilines is 2. The Bertz CT molecular complexity index is 904. The molecule has 0 aliphatic rings. The number of hydrogen-bond acceptors (Lipinski definition) is 5. The minimum absolute atomic E-state index is 0.0856. The molecule has 0 spiro atoms. The standard InChI is InChI=1S/C14H14FNO4S2/c1-21(17,18)12-7-8-13(14(9-12)22(2,19)20)16-11-5-3-10(15)4-6-11/h3-9,16H,1-2H3. The van der Waals surface area contributed by atoms with Gasteiger partial charge in [0.15, 0.2) is 19.7 Å². The van der Waals surface area contributed by atoms with Crippen LogP contribution in [0.15, 0.2) is 52.3 Å². The van der Waals surface area contributed by atoms with Gasteiger partial charge in [0, 0.05) is 18.2 Å². The molecule has 2 aromatic carbocycles. The van der Waals surface area contributed by atoms with Crippen molar-refractivity contribution in [3.63, 3.8) is 0 Å². The van der Waals surface area contributed by atoms with E-state index in [9.17, 15) is 21.2 Å². The van der Waals surface area contributed by atoms with Gasteiger partial charge in [-0.25, -0.2) is 21.2 Å². The first kappa shape index (κ1) is 16.4. The van der Waals surface area contributed by atoms with E-state index in [0.717, 1.165) is 18.6 Å². The van der Waals surface area contributed by atoms with E-state index >= 15 is 0 Å². The third-order valence-electron chi connectivity index (χ3n) is 2.90. The first-order valence-corrected chi connectivity index (χ1v) is 9.92. The van der Waals surface area contributed by atoms with Crippen LogP contribution in [-0.2, 0) is 19.7 Å². The van der Waals surface area contributed by atoms with Crippen molar-refractivity contribution in [3.05, 3.63) is 48.3 Å². The van der Waals surface area contributed by atoms with Gasteiger partial charge in [0.05, 0.1) is 15.5 Å². The summed E-state index contributed by atoms with van der Waals surface area (Å²) in [7, 11) is -7.17. The second kappa shape index (κ2) is 5.69. The summed E-state index contributed by atoms with van der Waals surface area (Å²) in [4.78, 5) is -0.225. The number of benzene rings is 2. The fourth-order valence-corrected chi connectivity index (χ4v) is 3.41. The molecular weight excluding hydrogens is 329 g/mol. The number of hydrogen-bond donors (Lipinski definition) is 1. The van der Waals surface area contributed by atoms with Gasteiger partial charge in [0.2, 0.25) is 0 Å². The second-order valence-electron chi connectivity index (χ2n) is 4.83. The summed E-state index contributed by atoms with van der Waals surface area (Å²) >= 11 is 0. The van der Waals surface area contributed by atoms with Crippen LogP contribution in [0.5, 0.6) is 0 Å². The lowest BCUT2D eigenvalue weighted by molar-refractivity contribution is 0.600. The molecule has 0 unspecified atom stereocenters. The minimum Gasteiger partial charge on any atom is -0.354 e. The van der Waals surface area contributed by atoms with Crippen LogP contribution < -0.4 is 5.32 Å². The molecule has 0 saturated heterocycles. The van der Waals surface area contributed by atoms with E-state index in [4.69, 9.17) is 0 Å². The first-order chi connectivity index (χ1) is 10.1. The molecular formula is C14H14FNO4S2. The summed E-state index contributed by atoms with van der Waals surface area (Å²) in [5.74, 6) is -0.415. The van der Waals surface area contributed by atoms with Gasteiger partial charge in [0.1, 0.15) is 5.82 Å². The van der Waals surface area contributed by atoms with Gasteiger partial charge in [-0.2, -0.15) is 0 Å². The van der Waals surface area contributed by atoms with Crippen LogP contribution in [0.2, 0.25) is 0 Å². The van der Waals surface area contributed by atoms with Crippen LogP contribution in [0.3, 0.4) is 0 Å². The van der Waals surface area contributed by atoms with Gasteiger partial charge in [0.25, 0.3) is 0 Å². The predicted molar refractivity (Wildman–Crippen MR) is 82.3 cm³/mol. The second-order valence-corrected chi connectivity index (χ2v) is 8.83. The van der Waals surface area contributed by atoms with E-state index in [1.54, 1.807) is 0 Å². The third kappa shape index (κ3) is 3.83. The maximum Gasteiger partial charge on any atom is 0.177 e. The number of rotatable bonds is 4. The van der Waals surface area contributed by atoms with Crippen molar-refractivity contribution in [2.45, 2.75) is 9.79 Å². The molecule has 8 heteroatoms. The van der Waals surface area contributed by atoms with Crippen molar-refractivity contribution in [2.75, 3.05) is 17.8 Å². The van der Waals surface area contributed by atoms with Gasteiger partial charge in [-0.15, -0.1) is 0 Å². The molecule has 0 heterocycles. The molecule has 22 heavy (non-hydrogen) atoms. The lowest BCUT2D eigenvalue weighted by Crippen LogP contribution is -2.06. The predicted octanol–water partition coefficient (Wildman–Crippen LogP) is 2.38. The van der Waals surface area contributed by atoms with Gasteiger partial charge in [-0.3, -0.25) is 0 Å². The fourth-order valence-electron chi connectivity index (χ4n) is 1.83. The first-order valence-electron chi connectivity index (χ1n) is 6.14. The highest BCUT2D eigenvalue weighted by atomic mass is 32.2. The maximum atomic E-state index is 12.9. The molecule has 0 amide bonds. The number of nitrogens with one attached hydrogen (secondary N) is 1. The van der Waals surface area contributed by atoms with Gasteiger partial charge in [-0.05, 0) is 42.5 Å². The number of sulfone groups is 2. The Morgan fingerprint density at radius 3 is 1.95 bits per heavy atom. The summed E-state index contributed by atoms with van der Waals surface area (Å²) in [6.45, 7) is 0. The Labute approximate surface area is 128 Å². The summed E-state index contributed by atoms with van der Waals surface area (Å²) in [5.41, 5.74) is 0.708. The van der Waals surface area contributed by atoms with E-state index in [-0.39, 0.29) is 15.5 Å². The average molecular weight is 343 g/mol. The van der Waals surface area contributed by atoms with Crippen LogP contribution in [0, 0.1) is 5.82 Å². The lowest BCUT2D eigenvalue weighted by Gasteiger charge is -2.12. The molecule has 118 valence electrons. The smallest absolute Gasteiger partial charge is 0.177 e. The van der Waals surface area contributed by atoms with Crippen molar-refractivity contribution in [2.24, 2.45) is 0 Å². The van der Waals surface area contributed by atoms with Gasteiger partial charge < -0.3 is 5.32 Å². The van der Waals surface area contributed by atoms with E-state index in [0.29, 0.717) is 5.69 Å². The Morgan fingerprint density at radius 2 is 1.45 bits per heavy atom. The zero-order valence-electron chi connectivity index (χ0n) is 11.9. The van der Waals surface area contributed by atoms with Crippen LogP contribution in [0.1, 0.15) is 0 Å². The zero-order chi connectivity index (χ0) is 16.5. The van der Waals surface area contributed by atoms with Gasteiger partial charge >= 0.3 is 0 Å². The van der Waals surface area contributed by atoms with Crippen molar-refractivity contribution in [3.8, 4) is 0 Å². The molecule has 0 aliphatic heterocycles. The molecule has 2 rings (SSSR count). The zero-order valence-corrected chi connectivity index (χ0v) is 13.5. The van der Waals surface area contributed by atoms with E-state index in [1.807, 2.05) is 0 Å². The highest BCUT2D eigenvalue weighted by Crippen LogP contribution is 2.28. The van der Waals surface area contributed by atoms with Crippen LogP contribution in [-0.4, -0.2) is 29.3 Å². The Kier molecular flexibility index (Phi) is 4.25. The molecule has 0 aliphatic carbocycles. The monoisotopic (exact) mass is 343 g/mol. The van der Waals surface area contributed by atoms with Crippen LogP contribution in [0.25, 0.3) is 0 Å². The Balaban J connectivity index is 2.54. The SMILES string of the molecule is CS(=O)(=O)c1ccc(Nc2ccc(F)cc2)c(S(C)(=O)=O)c1. The molecule has 0 saturated carbocycles. The summed E-state index contributed by atoms with van der Waals surface area (Å²) in [6, 6.07) is 9.15. The lowest BCUT2D eigenvalue weighted by atomic mass is 10.2.